The second kappa shape index (κ2) is 6.44. The van der Waals surface area contributed by atoms with E-state index in [1.54, 1.807) is 0 Å². The Labute approximate surface area is 106 Å². The number of hydrogen-bond donors (Lipinski definition) is 0. The van der Waals surface area contributed by atoms with Crippen molar-refractivity contribution in [1.29, 1.82) is 0 Å². The zero-order chi connectivity index (χ0) is 13.6. The van der Waals surface area contributed by atoms with Crippen LogP contribution in [0.3, 0.4) is 0 Å². The minimum absolute atomic E-state index is 0.208. The maximum Gasteiger partial charge on any atom is -0.0132 e. The molecular formula is C17H26. The maximum atomic E-state index is 3.93. The minimum Gasteiger partial charge on any atom is -0.103 e. The van der Waals surface area contributed by atoms with E-state index in [9.17, 15) is 0 Å². The molecular weight excluding hydrogens is 204 g/mol. The Bertz CT molecular complexity index is 444. The molecule has 0 aromatic heterocycles. The van der Waals surface area contributed by atoms with Crippen LogP contribution in [0.4, 0.5) is 0 Å². The smallest absolute Gasteiger partial charge is 0.0132 e. The van der Waals surface area contributed by atoms with Gasteiger partial charge in [0.1, 0.15) is 0 Å². The molecule has 0 bridgehead atoms. The summed E-state index contributed by atoms with van der Waals surface area (Å²) in [6, 6.07) is 6.27. The van der Waals surface area contributed by atoms with Crippen molar-refractivity contribution in [3.63, 3.8) is 0 Å². The van der Waals surface area contributed by atoms with E-state index < -0.39 is 0 Å². The topological polar surface area (TPSA) is 0 Å². The number of benzene rings is 1. The van der Waals surface area contributed by atoms with E-state index in [1.807, 2.05) is 12.1 Å². The summed E-state index contributed by atoms with van der Waals surface area (Å²) >= 11 is 0. The van der Waals surface area contributed by atoms with Gasteiger partial charge in [0.2, 0.25) is 0 Å². The van der Waals surface area contributed by atoms with Crippen LogP contribution in [0.5, 0.6) is 0 Å². The molecule has 0 aliphatic carbocycles. The molecule has 0 saturated carbocycles. The summed E-state index contributed by atoms with van der Waals surface area (Å²) in [6.45, 7) is 22.2. The zero-order valence-electron chi connectivity index (χ0n) is 12.0. The van der Waals surface area contributed by atoms with Crippen LogP contribution in [0.1, 0.15) is 40.2 Å². The summed E-state index contributed by atoms with van der Waals surface area (Å²) in [5, 5.41) is 2.05. The monoisotopic (exact) mass is 230 g/mol. The van der Waals surface area contributed by atoms with Gasteiger partial charge in [0.25, 0.3) is 0 Å². The Morgan fingerprint density at radius 2 is 1.53 bits per heavy atom. The third-order valence-corrected chi connectivity index (χ3v) is 2.54. The fourth-order valence-electron chi connectivity index (χ4n) is 1.09. The maximum absolute atomic E-state index is 3.93. The molecule has 1 rings (SSSR count). The van der Waals surface area contributed by atoms with Gasteiger partial charge >= 0.3 is 0 Å². The first-order chi connectivity index (χ1) is 7.68. The van der Waals surface area contributed by atoms with E-state index in [-0.39, 0.29) is 5.41 Å². The molecule has 0 nitrogen and oxygen atoms in total. The highest BCUT2D eigenvalue weighted by Crippen LogP contribution is 2.19. The third-order valence-electron chi connectivity index (χ3n) is 2.54. The number of hydrogen-bond acceptors (Lipinski definition) is 0. The van der Waals surface area contributed by atoms with Gasteiger partial charge in [-0.25, -0.2) is 0 Å². The first-order valence-electron chi connectivity index (χ1n) is 6.09. The first-order valence-corrected chi connectivity index (χ1v) is 6.09. The SMILES string of the molecule is C=CC(C)C.C=c1ccc(C(C)(C)C)cc1=C. The van der Waals surface area contributed by atoms with Crippen molar-refractivity contribution in [3.8, 4) is 0 Å². The van der Waals surface area contributed by atoms with Gasteiger partial charge in [-0.2, -0.15) is 0 Å². The summed E-state index contributed by atoms with van der Waals surface area (Å²) in [7, 11) is 0. The highest BCUT2D eigenvalue weighted by molar-refractivity contribution is 5.27. The molecule has 1 aromatic carbocycles. The van der Waals surface area contributed by atoms with Crippen molar-refractivity contribution in [2.24, 2.45) is 5.92 Å². The van der Waals surface area contributed by atoms with Crippen LogP contribution < -0.4 is 10.4 Å². The summed E-state index contributed by atoms with van der Waals surface area (Å²) in [5.41, 5.74) is 1.53. The lowest BCUT2D eigenvalue weighted by atomic mass is 9.87. The highest BCUT2D eigenvalue weighted by Gasteiger charge is 2.12. The van der Waals surface area contributed by atoms with Crippen LogP contribution in [-0.4, -0.2) is 0 Å². The van der Waals surface area contributed by atoms with Gasteiger partial charge in [-0.3, -0.25) is 0 Å². The Morgan fingerprint density at radius 1 is 1.06 bits per heavy atom. The van der Waals surface area contributed by atoms with Crippen molar-refractivity contribution in [2.45, 2.75) is 40.0 Å². The lowest BCUT2D eigenvalue weighted by Crippen LogP contribution is -2.24. The van der Waals surface area contributed by atoms with Gasteiger partial charge in [-0.05, 0) is 27.3 Å². The van der Waals surface area contributed by atoms with Crippen LogP contribution in [0, 0.1) is 5.92 Å². The van der Waals surface area contributed by atoms with Crippen LogP contribution in [0.15, 0.2) is 30.9 Å². The van der Waals surface area contributed by atoms with Crippen molar-refractivity contribution < 1.29 is 0 Å². The molecule has 0 radical (unpaired) electrons. The molecule has 17 heavy (non-hydrogen) atoms. The van der Waals surface area contributed by atoms with Gasteiger partial charge < -0.3 is 0 Å². The lowest BCUT2D eigenvalue weighted by Gasteiger charge is -2.18. The zero-order valence-corrected chi connectivity index (χ0v) is 12.0. The fraction of sp³-hybridized carbons (Fsp3) is 0.412. The van der Waals surface area contributed by atoms with Crippen LogP contribution >= 0.6 is 0 Å². The second-order valence-electron chi connectivity index (χ2n) is 5.71. The van der Waals surface area contributed by atoms with Crippen LogP contribution in [-0.2, 0) is 5.41 Å². The van der Waals surface area contributed by atoms with Crippen molar-refractivity contribution in [1.82, 2.24) is 0 Å². The van der Waals surface area contributed by atoms with E-state index in [0.29, 0.717) is 5.92 Å². The Morgan fingerprint density at radius 3 is 1.82 bits per heavy atom. The van der Waals surface area contributed by atoms with Gasteiger partial charge in [0.05, 0.1) is 0 Å². The molecule has 0 atom stereocenters. The molecule has 0 heterocycles. The van der Waals surface area contributed by atoms with Gasteiger partial charge in [0.15, 0.2) is 0 Å². The highest BCUT2D eigenvalue weighted by atomic mass is 14.2. The van der Waals surface area contributed by atoms with Crippen LogP contribution in [0.2, 0.25) is 0 Å². The average Bonchev–Trinajstić information content (AvgIpc) is 2.21. The average molecular weight is 230 g/mol. The fourth-order valence-corrected chi connectivity index (χ4v) is 1.09. The summed E-state index contributed by atoms with van der Waals surface area (Å²) in [6.07, 6.45) is 1.92. The molecule has 0 amide bonds. The molecule has 1 aromatic rings. The van der Waals surface area contributed by atoms with Gasteiger partial charge in [-0.15, -0.1) is 6.58 Å². The van der Waals surface area contributed by atoms with E-state index in [0.717, 1.165) is 10.4 Å². The largest absolute Gasteiger partial charge is 0.103 e. The Hall–Kier alpha value is -1.30. The lowest BCUT2D eigenvalue weighted by molar-refractivity contribution is 0.589. The predicted molar refractivity (Wildman–Crippen MR) is 80.5 cm³/mol. The molecule has 0 unspecified atom stereocenters. The Balaban J connectivity index is 0.000000437. The third kappa shape index (κ3) is 6.11. The van der Waals surface area contributed by atoms with Crippen LogP contribution in [0.25, 0.3) is 13.2 Å². The van der Waals surface area contributed by atoms with Crippen molar-refractivity contribution in [3.05, 3.63) is 46.9 Å². The molecule has 0 aliphatic heterocycles. The molecule has 94 valence electrons. The number of rotatable bonds is 1. The van der Waals surface area contributed by atoms with E-state index in [2.05, 4.69) is 66.5 Å². The van der Waals surface area contributed by atoms with Crippen molar-refractivity contribution in [2.75, 3.05) is 0 Å². The second-order valence-corrected chi connectivity index (χ2v) is 5.71. The molecule has 0 heteroatoms. The minimum atomic E-state index is 0.208. The van der Waals surface area contributed by atoms with Gasteiger partial charge in [0, 0.05) is 0 Å². The summed E-state index contributed by atoms with van der Waals surface area (Å²) in [5.74, 6) is 0.648. The van der Waals surface area contributed by atoms with E-state index >= 15 is 0 Å². The molecule has 0 aliphatic rings. The van der Waals surface area contributed by atoms with Gasteiger partial charge in [-0.1, -0.05) is 72.1 Å². The quantitative estimate of drug-likeness (QED) is 0.646. The molecule has 0 fully saturated rings. The standard InChI is InChI=1S/C12H16.C5H10/c1-9-6-7-11(8-10(9)2)12(3,4)5;1-4-5(2)3/h6-8H,1-2H2,3-5H3;4-5H,1H2,2-3H3. The normalized spacial score (nSPS) is 10.7. The molecule has 0 N–H and O–H groups in total. The predicted octanol–water partition coefficient (Wildman–Crippen LogP) is 3.63. The van der Waals surface area contributed by atoms with E-state index in [4.69, 9.17) is 0 Å². The molecule has 0 saturated heterocycles. The summed E-state index contributed by atoms with van der Waals surface area (Å²) in [4.78, 5) is 0. The van der Waals surface area contributed by atoms with Crippen molar-refractivity contribution >= 4 is 13.2 Å². The first kappa shape index (κ1) is 15.7. The van der Waals surface area contributed by atoms with E-state index in [1.165, 1.54) is 5.56 Å². The Kier molecular flexibility index (Phi) is 5.95. The molecule has 0 spiro atoms. The summed E-state index contributed by atoms with van der Waals surface area (Å²) < 4.78 is 0. The number of allylic oxidation sites excluding steroid dienone is 1.